The molecule has 0 atom stereocenters. The van der Waals surface area contributed by atoms with Crippen molar-refractivity contribution >= 4 is 29.0 Å². The number of benzene rings is 2. The average molecular weight is 382 g/mol. The van der Waals surface area contributed by atoms with Crippen LogP contribution in [-0.4, -0.2) is 42.8 Å². The Balaban J connectivity index is 1.79. The highest BCUT2D eigenvalue weighted by atomic mass is 35.5. The minimum Gasteiger partial charge on any atom is -0.369 e. The van der Waals surface area contributed by atoms with Gasteiger partial charge in [-0.05, 0) is 49.7 Å². The molecule has 5 nitrogen and oxygen atoms in total. The molecule has 0 saturated carbocycles. The van der Waals surface area contributed by atoms with Crippen LogP contribution in [-0.2, 0) is 0 Å². The van der Waals surface area contributed by atoms with E-state index in [0.717, 1.165) is 18.7 Å². The van der Waals surface area contributed by atoms with E-state index in [-0.39, 0.29) is 11.7 Å². The predicted molar refractivity (Wildman–Crippen MR) is 105 cm³/mol. The van der Waals surface area contributed by atoms with E-state index in [9.17, 15) is 14.9 Å². The SMILES string of the molecule is CC(=O)c1ccc(C#N)c(N2CCCN(C(=O)c3cccc(Cl)c3)CC2)c1. The number of ketones is 1. The summed E-state index contributed by atoms with van der Waals surface area (Å²) in [4.78, 5) is 28.4. The minimum absolute atomic E-state index is 0.0340. The second-order valence-electron chi connectivity index (χ2n) is 6.54. The maximum Gasteiger partial charge on any atom is 0.253 e. The number of rotatable bonds is 3. The van der Waals surface area contributed by atoms with Crippen LogP contribution in [0.4, 0.5) is 5.69 Å². The maximum atomic E-state index is 12.8. The summed E-state index contributed by atoms with van der Waals surface area (Å²) < 4.78 is 0. The van der Waals surface area contributed by atoms with Crippen LogP contribution in [0.3, 0.4) is 0 Å². The molecule has 6 heteroatoms. The van der Waals surface area contributed by atoms with Gasteiger partial charge in [0.25, 0.3) is 5.91 Å². The molecule has 1 amide bonds. The van der Waals surface area contributed by atoms with Gasteiger partial charge < -0.3 is 9.80 Å². The predicted octanol–water partition coefficient (Wildman–Crippen LogP) is 3.77. The van der Waals surface area contributed by atoms with Gasteiger partial charge in [0.05, 0.1) is 11.3 Å². The van der Waals surface area contributed by atoms with E-state index in [1.165, 1.54) is 6.92 Å². The lowest BCUT2D eigenvalue weighted by molar-refractivity contribution is 0.0767. The third-order valence-electron chi connectivity index (χ3n) is 4.72. The Kier molecular flexibility index (Phi) is 5.78. The number of halogens is 1. The summed E-state index contributed by atoms with van der Waals surface area (Å²) in [7, 11) is 0. The number of anilines is 1. The number of nitrogens with zero attached hydrogens (tertiary/aromatic N) is 3. The summed E-state index contributed by atoms with van der Waals surface area (Å²) >= 11 is 6.00. The zero-order valence-corrected chi connectivity index (χ0v) is 15.9. The first kappa shape index (κ1) is 18.9. The Bertz CT molecular complexity index is 920. The fraction of sp³-hybridized carbons (Fsp3) is 0.286. The monoisotopic (exact) mass is 381 g/mol. The Morgan fingerprint density at radius 2 is 1.85 bits per heavy atom. The topological polar surface area (TPSA) is 64.4 Å². The van der Waals surface area contributed by atoms with Gasteiger partial charge in [0, 0.05) is 42.3 Å². The maximum absolute atomic E-state index is 12.8. The second-order valence-corrected chi connectivity index (χ2v) is 6.98. The molecular formula is C21H20ClN3O2. The summed E-state index contributed by atoms with van der Waals surface area (Å²) in [5.41, 5.74) is 2.45. The van der Waals surface area contributed by atoms with Crippen molar-refractivity contribution in [1.29, 1.82) is 5.26 Å². The van der Waals surface area contributed by atoms with Crippen LogP contribution >= 0.6 is 11.6 Å². The third kappa shape index (κ3) is 4.29. The summed E-state index contributed by atoms with van der Waals surface area (Å²) in [6.07, 6.45) is 0.779. The lowest BCUT2D eigenvalue weighted by atomic mass is 10.1. The van der Waals surface area contributed by atoms with Crippen molar-refractivity contribution in [2.24, 2.45) is 0 Å². The van der Waals surface area contributed by atoms with E-state index in [2.05, 4.69) is 11.0 Å². The molecule has 27 heavy (non-hydrogen) atoms. The molecule has 0 bridgehead atoms. The normalized spacial score (nSPS) is 14.4. The van der Waals surface area contributed by atoms with Crippen LogP contribution in [0.25, 0.3) is 0 Å². The van der Waals surface area contributed by atoms with Gasteiger partial charge in [0.2, 0.25) is 0 Å². The average Bonchev–Trinajstić information content (AvgIpc) is 2.93. The third-order valence-corrected chi connectivity index (χ3v) is 4.96. The first-order chi connectivity index (χ1) is 13.0. The highest BCUT2D eigenvalue weighted by molar-refractivity contribution is 6.30. The van der Waals surface area contributed by atoms with E-state index in [1.807, 2.05) is 4.90 Å². The molecular weight excluding hydrogens is 362 g/mol. The van der Waals surface area contributed by atoms with Gasteiger partial charge in [0.1, 0.15) is 6.07 Å². The van der Waals surface area contributed by atoms with Crippen LogP contribution in [0.15, 0.2) is 42.5 Å². The zero-order chi connectivity index (χ0) is 19.4. The molecule has 0 spiro atoms. The molecule has 0 aromatic heterocycles. The van der Waals surface area contributed by atoms with Crippen molar-refractivity contribution < 1.29 is 9.59 Å². The van der Waals surface area contributed by atoms with Crippen LogP contribution in [0.1, 0.15) is 39.6 Å². The molecule has 3 rings (SSSR count). The number of hydrogen-bond donors (Lipinski definition) is 0. The van der Waals surface area contributed by atoms with Crippen molar-refractivity contribution in [3.63, 3.8) is 0 Å². The number of nitriles is 1. The van der Waals surface area contributed by atoms with Crippen LogP contribution in [0.5, 0.6) is 0 Å². The molecule has 2 aromatic rings. The molecule has 0 unspecified atom stereocenters. The van der Waals surface area contributed by atoms with Gasteiger partial charge in [-0.15, -0.1) is 0 Å². The molecule has 0 aliphatic carbocycles. The van der Waals surface area contributed by atoms with Gasteiger partial charge in [-0.3, -0.25) is 9.59 Å². The van der Waals surface area contributed by atoms with Crippen molar-refractivity contribution in [3.8, 4) is 6.07 Å². The molecule has 138 valence electrons. The van der Waals surface area contributed by atoms with E-state index in [0.29, 0.717) is 41.3 Å². The fourth-order valence-corrected chi connectivity index (χ4v) is 3.46. The summed E-state index contributed by atoms with van der Waals surface area (Å²) in [5, 5.41) is 9.96. The Morgan fingerprint density at radius 3 is 2.56 bits per heavy atom. The first-order valence-electron chi connectivity index (χ1n) is 8.84. The van der Waals surface area contributed by atoms with Gasteiger partial charge in [0.15, 0.2) is 5.78 Å². The van der Waals surface area contributed by atoms with Crippen LogP contribution in [0, 0.1) is 11.3 Å². The molecule has 2 aromatic carbocycles. The second kappa shape index (κ2) is 8.24. The van der Waals surface area contributed by atoms with Crippen LogP contribution < -0.4 is 4.90 Å². The number of Topliss-reactive ketones (excluding diaryl/α,β-unsaturated/α-hetero) is 1. The largest absolute Gasteiger partial charge is 0.369 e. The zero-order valence-electron chi connectivity index (χ0n) is 15.1. The quantitative estimate of drug-likeness (QED) is 0.759. The Morgan fingerprint density at radius 1 is 1.04 bits per heavy atom. The molecule has 0 radical (unpaired) electrons. The smallest absolute Gasteiger partial charge is 0.253 e. The van der Waals surface area contributed by atoms with Crippen molar-refractivity contribution in [1.82, 2.24) is 4.90 Å². The van der Waals surface area contributed by atoms with Gasteiger partial charge >= 0.3 is 0 Å². The molecule has 1 aliphatic rings. The molecule has 1 heterocycles. The minimum atomic E-state index is -0.0441. The highest BCUT2D eigenvalue weighted by Crippen LogP contribution is 2.24. The highest BCUT2D eigenvalue weighted by Gasteiger charge is 2.22. The number of carbonyl (C=O) groups is 2. The lowest BCUT2D eigenvalue weighted by Gasteiger charge is -2.25. The molecule has 1 saturated heterocycles. The number of amides is 1. The lowest BCUT2D eigenvalue weighted by Crippen LogP contribution is -2.35. The van der Waals surface area contributed by atoms with Crippen molar-refractivity contribution in [2.45, 2.75) is 13.3 Å². The fourth-order valence-electron chi connectivity index (χ4n) is 3.27. The van der Waals surface area contributed by atoms with Crippen molar-refractivity contribution in [3.05, 3.63) is 64.2 Å². The van der Waals surface area contributed by atoms with E-state index in [1.54, 1.807) is 42.5 Å². The number of hydrogen-bond acceptors (Lipinski definition) is 4. The summed E-state index contributed by atoms with van der Waals surface area (Å²) in [6, 6.07) is 14.3. The molecule has 1 fully saturated rings. The van der Waals surface area contributed by atoms with Gasteiger partial charge in [-0.1, -0.05) is 17.7 Å². The summed E-state index contributed by atoms with van der Waals surface area (Å²) in [5.74, 6) is -0.0781. The van der Waals surface area contributed by atoms with Gasteiger partial charge in [-0.2, -0.15) is 5.26 Å². The van der Waals surface area contributed by atoms with Gasteiger partial charge in [-0.25, -0.2) is 0 Å². The Hall–Kier alpha value is -2.84. The molecule has 0 N–H and O–H groups in total. The van der Waals surface area contributed by atoms with Crippen LogP contribution in [0.2, 0.25) is 5.02 Å². The summed E-state index contributed by atoms with van der Waals surface area (Å²) in [6.45, 7) is 4.01. The number of carbonyl (C=O) groups excluding carboxylic acids is 2. The van der Waals surface area contributed by atoms with E-state index < -0.39 is 0 Å². The van der Waals surface area contributed by atoms with E-state index >= 15 is 0 Å². The molecule has 1 aliphatic heterocycles. The first-order valence-corrected chi connectivity index (χ1v) is 9.22. The standard InChI is InChI=1S/C21H20ClN3O2/c1-15(26)16-6-7-18(14-23)20(13-16)24-8-3-9-25(11-10-24)21(27)17-4-2-5-19(22)12-17/h2,4-7,12-13H,3,8-11H2,1H3. The van der Waals surface area contributed by atoms with E-state index in [4.69, 9.17) is 11.6 Å². The van der Waals surface area contributed by atoms with Crippen molar-refractivity contribution in [2.75, 3.05) is 31.1 Å². The Labute approximate surface area is 163 Å².